The molecule has 1 N–H and O–H groups in total. The number of aryl methyl sites for hydroxylation is 1. The predicted octanol–water partition coefficient (Wildman–Crippen LogP) is 4.13. The standard InChI is InChI=1S/C22H23N3O5S2/c1-3-29-21(27)19-15-5-4-6-16(15)32-20(19)23-17(26)12-31-22-25-24-18(30-22)11-13-7-9-14(28-2)10-8-13/h7-10H,3-6,11-12H2,1-2H3,(H,23,26). The van der Waals surface area contributed by atoms with E-state index < -0.39 is 0 Å². The number of amides is 1. The van der Waals surface area contributed by atoms with Gasteiger partial charge >= 0.3 is 5.97 Å². The van der Waals surface area contributed by atoms with Crippen molar-refractivity contribution < 1.29 is 23.5 Å². The molecule has 1 aromatic carbocycles. The smallest absolute Gasteiger partial charge is 0.341 e. The number of anilines is 1. The number of thiophene rings is 1. The molecule has 8 nitrogen and oxygen atoms in total. The Morgan fingerprint density at radius 2 is 2.03 bits per heavy atom. The minimum atomic E-state index is -0.380. The minimum Gasteiger partial charge on any atom is -0.497 e. The van der Waals surface area contributed by atoms with Gasteiger partial charge in [0.15, 0.2) is 0 Å². The van der Waals surface area contributed by atoms with E-state index in [0.717, 1.165) is 52.8 Å². The van der Waals surface area contributed by atoms with Gasteiger partial charge < -0.3 is 19.2 Å². The van der Waals surface area contributed by atoms with Crippen molar-refractivity contribution in [3.63, 3.8) is 0 Å². The molecule has 2 aromatic heterocycles. The van der Waals surface area contributed by atoms with Gasteiger partial charge in [-0.1, -0.05) is 23.9 Å². The number of methoxy groups -OCH3 is 1. The zero-order valence-electron chi connectivity index (χ0n) is 17.8. The maximum absolute atomic E-state index is 12.5. The summed E-state index contributed by atoms with van der Waals surface area (Å²) in [5, 5.41) is 11.8. The van der Waals surface area contributed by atoms with Gasteiger partial charge in [0.05, 0.1) is 31.5 Å². The van der Waals surface area contributed by atoms with E-state index in [2.05, 4.69) is 15.5 Å². The van der Waals surface area contributed by atoms with Gasteiger partial charge in [0, 0.05) is 4.88 Å². The van der Waals surface area contributed by atoms with Gasteiger partial charge in [0.25, 0.3) is 5.22 Å². The highest BCUT2D eigenvalue weighted by Gasteiger charge is 2.28. The number of nitrogens with one attached hydrogen (secondary N) is 1. The lowest BCUT2D eigenvalue weighted by molar-refractivity contribution is -0.113. The largest absolute Gasteiger partial charge is 0.497 e. The lowest BCUT2D eigenvalue weighted by Crippen LogP contribution is -2.16. The molecule has 0 saturated heterocycles. The number of rotatable bonds is 9. The van der Waals surface area contributed by atoms with Crippen molar-refractivity contribution in [2.45, 2.75) is 37.8 Å². The highest BCUT2D eigenvalue weighted by atomic mass is 32.2. The summed E-state index contributed by atoms with van der Waals surface area (Å²) in [6.07, 6.45) is 3.28. The Morgan fingerprint density at radius 1 is 1.22 bits per heavy atom. The van der Waals surface area contributed by atoms with E-state index in [1.54, 1.807) is 14.0 Å². The van der Waals surface area contributed by atoms with Crippen LogP contribution >= 0.6 is 23.1 Å². The van der Waals surface area contributed by atoms with E-state index in [1.807, 2.05) is 24.3 Å². The van der Waals surface area contributed by atoms with Gasteiger partial charge in [0.2, 0.25) is 11.8 Å². The SMILES string of the molecule is CCOC(=O)c1c(NC(=O)CSc2nnc(Cc3ccc(OC)cc3)o2)sc2c1CCC2. The maximum Gasteiger partial charge on any atom is 0.341 e. The third kappa shape index (κ3) is 5.13. The van der Waals surface area contributed by atoms with Crippen molar-refractivity contribution in [3.05, 3.63) is 51.7 Å². The number of thioether (sulfide) groups is 1. The summed E-state index contributed by atoms with van der Waals surface area (Å²) in [7, 11) is 1.62. The third-order valence-corrected chi connectivity index (χ3v) is 6.97. The summed E-state index contributed by atoms with van der Waals surface area (Å²) < 4.78 is 16.0. The number of ether oxygens (including phenoxy) is 2. The molecule has 0 bridgehead atoms. The van der Waals surface area contributed by atoms with E-state index in [0.29, 0.717) is 34.7 Å². The Morgan fingerprint density at radius 3 is 2.78 bits per heavy atom. The first kappa shape index (κ1) is 22.3. The summed E-state index contributed by atoms with van der Waals surface area (Å²) in [6.45, 7) is 2.06. The van der Waals surface area contributed by atoms with Crippen molar-refractivity contribution in [1.82, 2.24) is 10.2 Å². The number of nitrogens with zero attached hydrogens (tertiary/aromatic N) is 2. The molecule has 1 aliphatic carbocycles. The first-order valence-corrected chi connectivity index (χ1v) is 12.1. The molecule has 10 heteroatoms. The second-order valence-corrected chi connectivity index (χ2v) is 9.14. The Bertz CT molecular complexity index is 1110. The molecule has 0 spiro atoms. The Balaban J connectivity index is 1.34. The number of carbonyl (C=O) groups excluding carboxylic acids is 2. The van der Waals surface area contributed by atoms with Crippen molar-refractivity contribution >= 4 is 40.0 Å². The first-order chi connectivity index (χ1) is 15.6. The van der Waals surface area contributed by atoms with Gasteiger partial charge in [-0.05, 0) is 49.4 Å². The molecular weight excluding hydrogens is 450 g/mol. The monoisotopic (exact) mass is 473 g/mol. The van der Waals surface area contributed by atoms with Crippen LogP contribution in [-0.2, 0) is 28.8 Å². The van der Waals surface area contributed by atoms with Crippen LogP contribution in [0.15, 0.2) is 33.9 Å². The summed E-state index contributed by atoms with van der Waals surface area (Å²) in [4.78, 5) is 26.1. The Labute approximate surface area is 193 Å². The molecule has 2 heterocycles. The van der Waals surface area contributed by atoms with Crippen LogP contribution in [0.4, 0.5) is 5.00 Å². The summed E-state index contributed by atoms with van der Waals surface area (Å²) >= 11 is 2.61. The van der Waals surface area contributed by atoms with E-state index in [9.17, 15) is 9.59 Å². The Kier molecular flexibility index (Phi) is 7.11. The average Bonchev–Trinajstić information content (AvgIpc) is 3.49. The molecule has 0 saturated carbocycles. The fourth-order valence-corrected chi connectivity index (χ4v) is 5.36. The van der Waals surface area contributed by atoms with Crippen molar-refractivity contribution in [1.29, 1.82) is 0 Å². The number of benzene rings is 1. The van der Waals surface area contributed by atoms with Crippen molar-refractivity contribution in [2.24, 2.45) is 0 Å². The zero-order valence-corrected chi connectivity index (χ0v) is 19.4. The van der Waals surface area contributed by atoms with Crippen LogP contribution in [0.25, 0.3) is 0 Å². The average molecular weight is 474 g/mol. The zero-order chi connectivity index (χ0) is 22.5. The van der Waals surface area contributed by atoms with Gasteiger partial charge in [-0.25, -0.2) is 4.79 Å². The molecule has 0 radical (unpaired) electrons. The molecule has 1 aliphatic rings. The van der Waals surface area contributed by atoms with Crippen LogP contribution < -0.4 is 10.1 Å². The molecule has 0 aliphatic heterocycles. The van der Waals surface area contributed by atoms with E-state index in [4.69, 9.17) is 13.9 Å². The van der Waals surface area contributed by atoms with E-state index >= 15 is 0 Å². The maximum atomic E-state index is 12.5. The number of esters is 1. The predicted molar refractivity (Wildman–Crippen MR) is 122 cm³/mol. The number of aromatic nitrogens is 2. The van der Waals surface area contributed by atoms with Crippen molar-refractivity contribution in [3.8, 4) is 5.75 Å². The fraction of sp³-hybridized carbons (Fsp3) is 0.364. The summed E-state index contributed by atoms with van der Waals surface area (Å²) in [6, 6.07) is 7.61. The van der Waals surface area contributed by atoms with Crippen LogP contribution in [0, 0.1) is 0 Å². The molecule has 3 aromatic rings. The lowest BCUT2D eigenvalue weighted by atomic mass is 10.1. The first-order valence-electron chi connectivity index (χ1n) is 10.3. The molecule has 168 valence electrons. The summed E-state index contributed by atoms with van der Waals surface area (Å²) in [5.74, 6) is 0.723. The molecule has 0 unspecified atom stereocenters. The molecule has 0 atom stereocenters. The van der Waals surface area contributed by atoms with E-state index in [-0.39, 0.29) is 17.6 Å². The van der Waals surface area contributed by atoms with Gasteiger partial charge in [-0.15, -0.1) is 21.5 Å². The van der Waals surface area contributed by atoms with Crippen LogP contribution in [0.1, 0.15) is 45.6 Å². The number of hydrogen-bond donors (Lipinski definition) is 1. The van der Waals surface area contributed by atoms with Gasteiger partial charge in [-0.2, -0.15) is 0 Å². The molecule has 32 heavy (non-hydrogen) atoms. The Hall–Kier alpha value is -2.85. The highest BCUT2D eigenvalue weighted by molar-refractivity contribution is 7.99. The van der Waals surface area contributed by atoms with Crippen LogP contribution in [0.2, 0.25) is 0 Å². The summed E-state index contributed by atoms with van der Waals surface area (Å²) in [5.41, 5.74) is 2.53. The lowest BCUT2D eigenvalue weighted by Gasteiger charge is -2.07. The third-order valence-electron chi connectivity index (χ3n) is 4.94. The second-order valence-electron chi connectivity index (χ2n) is 7.11. The van der Waals surface area contributed by atoms with Crippen LogP contribution in [0.3, 0.4) is 0 Å². The quantitative estimate of drug-likeness (QED) is 0.366. The van der Waals surface area contributed by atoms with Crippen LogP contribution in [-0.4, -0.2) is 41.5 Å². The molecular formula is C22H23N3O5S2. The topological polar surface area (TPSA) is 104 Å². The van der Waals surface area contributed by atoms with Crippen LogP contribution in [0.5, 0.6) is 5.75 Å². The number of hydrogen-bond acceptors (Lipinski definition) is 9. The highest BCUT2D eigenvalue weighted by Crippen LogP contribution is 2.39. The molecule has 0 fully saturated rings. The molecule has 1 amide bonds. The normalized spacial score (nSPS) is 12.4. The number of carbonyl (C=O) groups is 2. The van der Waals surface area contributed by atoms with Gasteiger partial charge in [-0.3, -0.25) is 4.79 Å². The van der Waals surface area contributed by atoms with Crippen molar-refractivity contribution in [2.75, 3.05) is 24.8 Å². The fourth-order valence-electron chi connectivity index (χ4n) is 3.49. The minimum absolute atomic E-state index is 0.0923. The molecule has 4 rings (SSSR count). The second kappa shape index (κ2) is 10.2. The number of fused-ring (bicyclic) bond motifs is 1. The van der Waals surface area contributed by atoms with Gasteiger partial charge in [0.1, 0.15) is 10.8 Å². The van der Waals surface area contributed by atoms with E-state index in [1.165, 1.54) is 11.3 Å².